The fraction of sp³-hybridized carbons (Fsp3) is 0.370. The van der Waals surface area contributed by atoms with E-state index in [9.17, 15) is 19.6 Å². The van der Waals surface area contributed by atoms with Gasteiger partial charge in [-0.25, -0.2) is 0 Å². The molecule has 10 heteroatoms. The molecule has 4 atom stereocenters. The van der Waals surface area contributed by atoms with Crippen LogP contribution >= 0.6 is 0 Å². The second kappa shape index (κ2) is 10.3. The predicted octanol–water partition coefficient (Wildman–Crippen LogP) is 2.10. The highest BCUT2D eigenvalue weighted by atomic mass is 16.5. The molecule has 0 bridgehead atoms. The predicted molar refractivity (Wildman–Crippen MR) is 135 cm³/mol. The minimum absolute atomic E-state index is 0.0669. The molecule has 0 spiro atoms. The molecule has 4 heterocycles. The average molecular weight is 501 g/mol. The monoisotopic (exact) mass is 500 g/mol. The van der Waals surface area contributed by atoms with Crippen molar-refractivity contribution in [3.8, 4) is 11.8 Å². The summed E-state index contributed by atoms with van der Waals surface area (Å²) in [6.45, 7) is 0.916. The molecule has 2 saturated heterocycles. The SMILES string of the molecule is COc1cccc2[nH]c(C(=O)N3C[C@H](c4ccncc4)C[C@H]3C(=O)N[C@H](C#N)CC3CCNC3=O)cc12. The van der Waals surface area contributed by atoms with Crippen LogP contribution in [0.5, 0.6) is 5.75 Å². The second-order valence-electron chi connectivity index (χ2n) is 9.49. The van der Waals surface area contributed by atoms with Crippen LogP contribution in [0, 0.1) is 17.2 Å². The van der Waals surface area contributed by atoms with Crippen molar-refractivity contribution in [2.45, 2.75) is 37.3 Å². The summed E-state index contributed by atoms with van der Waals surface area (Å²) < 4.78 is 5.42. The first-order valence-electron chi connectivity index (χ1n) is 12.3. The molecule has 1 aromatic carbocycles. The van der Waals surface area contributed by atoms with Crippen molar-refractivity contribution < 1.29 is 19.1 Å². The number of ether oxygens (including phenoxy) is 1. The second-order valence-corrected chi connectivity index (χ2v) is 9.49. The van der Waals surface area contributed by atoms with E-state index in [1.54, 1.807) is 30.5 Å². The van der Waals surface area contributed by atoms with Crippen LogP contribution in [-0.2, 0) is 9.59 Å². The number of hydrogen-bond donors (Lipinski definition) is 3. The van der Waals surface area contributed by atoms with Crippen molar-refractivity contribution in [2.75, 3.05) is 20.2 Å². The van der Waals surface area contributed by atoms with Gasteiger partial charge in [-0.05, 0) is 55.2 Å². The summed E-state index contributed by atoms with van der Waals surface area (Å²) in [4.78, 5) is 48.0. The molecule has 0 aliphatic carbocycles. The third kappa shape index (κ3) is 4.85. The molecule has 37 heavy (non-hydrogen) atoms. The maximum Gasteiger partial charge on any atom is 0.271 e. The average Bonchev–Trinajstić information content (AvgIpc) is 3.66. The molecule has 190 valence electrons. The van der Waals surface area contributed by atoms with E-state index in [2.05, 4.69) is 26.7 Å². The van der Waals surface area contributed by atoms with Gasteiger partial charge in [0.1, 0.15) is 23.5 Å². The molecule has 0 radical (unpaired) electrons. The zero-order valence-corrected chi connectivity index (χ0v) is 20.4. The van der Waals surface area contributed by atoms with Gasteiger partial charge in [0, 0.05) is 48.2 Å². The maximum atomic E-state index is 13.7. The zero-order valence-electron chi connectivity index (χ0n) is 20.4. The zero-order chi connectivity index (χ0) is 25.9. The molecular formula is C27H28N6O4. The first-order valence-corrected chi connectivity index (χ1v) is 12.3. The topological polar surface area (TPSA) is 140 Å². The summed E-state index contributed by atoms with van der Waals surface area (Å²) in [5.41, 5.74) is 2.10. The Balaban J connectivity index is 1.40. The van der Waals surface area contributed by atoms with Crippen LogP contribution in [0.2, 0.25) is 0 Å². The van der Waals surface area contributed by atoms with Crippen molar-refractivity contribution in [2.24, 2.45) is 5.92 Å². The molecule has 2 aliphatic rings. The number of nitrogens with one attached hydrogen (secondary N) is 3. The van der Waals surface area contributed by atoms with Crippen LogP contribution in [-0.4, -0.2) is 64.9 Å². The van der Waals surface area contributed by atoms with E-state index >= 15 is 0 Å². The lowest BCUT2D eigenvalue weighted by molar-refractivity contribution is -0.126. The number of carbonyl (C=O) groups excluding carboxylic acids is 3. The third-order valence-corrected chi connectivity index (χ3v) is 7.27. The van der Waals surface area contributed by atoms with Gasteiger partial charge in [-0.2, -0.15) is 5.26 Å². The number of amides is 3. The number of rotatable bonds is 7. The molecule has 2 fully saturated rings. The number of carbonyl (C=O) groups is 3. The maximum absolute atomic E-state index is 13.7. The number of pyridine rings is 1. The molecule has 2 aromatic heterocycles. The minimum atomic E-state index is -0.824. The van der Waals surface area contributed by atoms with Crippen LogP contribution in [0.15, 0.2) is 48.8 Å². The van der Waals surface area contributed by atoms with Crippen molar-refractivity contribution in [3.05, 3.63) is 60.0 Å². The summed E-state index contributed by atoms with van der Waals surface area (Å²) in [5.74, 6) is -0.535. The number of likely N-dealkylation sites (tertiary alicyclic amines) is 1. The van der Waals surface area contributed by atoms with Gasteiger partial charge in [-0.15, -0.1) is 0 Å². The number of fused-ring (bicyclic) bond motifs is 1. The number of H-pyrrole nitrogens is 1. The lowest BCUT2D eigenvalue weighted by atomic mass is 9.96. The van der Waals surface area contributed by atoms with Crippen molar-refractivity contribution in [3.63, 3.8) is 0 Å². The van der Waals surface area contributed by atoms with Crippen LogP contribution in [0.1, 0.15) is 41.2 Å². The standard InChI is InChI=1S/C27H28N6O4/c1-37-24-4-2-3-21-20(24)13-22(32-21)27(36)33-15-18(16-5-8-29-9-6-16)12-23(33)26(35)31-19(14-28)11-17-7-10-30-25(17)34/h2-6,8-9,13,17-19,23,32H,7,10-12,15H2,1H3,(H,30,34)(H,31,35)/t17?,18-,19+,23+/m1/s1. The Hall–Kier alpha value is -4.39. The fourth-order valence-electron chi connectivity index (χ4n) is 5.33. The van der Waals surface area contributed by atoms with Gasteiger partial charge in [0.15, 0.2) is 0 Å². The van der Waals surface area contributed by atoms with Crippen molar-refractivity contribution in [1.82, 2.24) is 25.5 Å². The minimum Gasteiger partial charge on any atom is -0.496 e. The lowest BCUT2D eigenvalue weighted by Crippen LogP contribution is -2.49. The lowest BCUT2D eigenvalue weighted by Gasteiger charge is -2.25. The molecule has 3 N–H and O–H groups in total. The van der Waals surface area contributed by atoms with E-state index in [4.69, 9.17) is 4.74 Å². The van der Waals surface area contributed by atoms with Crippen LogP contribution in [0.4, 0.5) is 0 Å². The first-order chi connectivity index (χ1) is 18.0. The van der Waals surface area contributed by atoms with E-state index in [0.717, 1.165) is 16.5 Å². The number of hydrogen-bond acceptors (Lipinski definition) is 6. The first kappa shape index (κ1) is 24.3. The molecule has 3 aromatic rings. The smallest absolute Gasteiger partial charge is 0.271 e. The number of benzene rings is 1. The molecule has 5 rings (SSSR count). The Labute approximate surface area is 214 Å². The Bertz CT molecular complexity index is 1360. The fourth-order valence-corrected chi connectivity index (χ4v) is 5.33. The Morgan fingerprint density at radius 2 is 2.11 bits per heavy atom. The van der Waals surface area contributed by atoms with E-state index < -0.39 is 18.0 Å². The van der Waals surface area contributed by atoms with E-state index in [0.29, 0.717) is 37.4 Å². The third-order valence-electron chi connectivity index (χ3n) is 7.27. The summed E-state index contributed by atoms with van der Waals surface area (Å²) in [7, 11) is 1.57. The van der Waals surface area contributed by atoms with E-state index in [-0.39, 0.29) is 30.1 Å². The molecule has 1 unspecified atom stereocenters. The van der Waals surface area contributed by atoms with Crippen LogP contribution in [0.25, 0.3) is 10.9 Å². The largest absolute Gasteiger partial charge is 0.496 e. The van der Waals surface area contributed by atoms with E-state index in [1.807, 2.05) is 30.3 Å². The highest BCUT2D eigenvalue weighted by molar-refractivity contribution is 6.02. The van der Waals surface area contributed by atoms with Gasteiger partial charge in [-0.1, -0.05) is 6.07 Å². The van der Waals surface area contributed by atoms with Gasteiger partial charge in [-0.3, -0.25) is 19.4 Å². The highest BCUT2D eigenvalue weighted by Gasteiger charge is 2.41. The van der Waals surface area contributed by atoms with E-state index in [1.165, 1.54) is 0 Å². The number of aromatic amines is 1. The van der Waals surface area contributed by atoms with Crippen molar-refractivity contribution >= 4 is 28.6 Å². The van der Waals surface area contributed by atoms with Crippen LogP contribution < -0.4 is 15.4 Å². The summed E-state index contributed by atoms with van der Waals surface area (Å²) in [6, 6.07) is 11.5. The summed E-state index contributed by atoms with van der Waals surface area (Å²) >= 11 is 0. The number of aromatic nitrogens is 2. The van der Waals surface area contributed by atoms with Gasteiger partial charge in [0.2, 0.25) is 11.8 Å². The molecule has 3 amide bonds. The number of nitriles is 1. The van der Waals surface area contributed by atoms with Crippen molar-refractivity contribution in [1.29, 1.82) is 5.26 Å². The summed E-state index contributed by atoms with van der Waals surface area (Å²) in [6.07, 6.45) is 4.67. The van der Waals surface area contributed by atoms with Gasteiger partial charge in [0.25, 0.3) is 5.91 Å². The highest BCUT2D eigenvalue weighted by Crippen LogP contribution is 2.34. The Morgan fingerprint density at radius 1 is 1.30 bits per heavy atom. The molecular weight excluding hydrogens is 472 g/mol. The van der Waals surface area contributed by atoms with Gasteiger partial charge in [0.05, 0.1) is 13.2 Å². The van der Waals surface area contributed by atoms with Crippen LogP contribution in [0.3, 0.4) is 0 Å². The molecule has 2 aliphatic heterocycles. The number of nitrogens with zero attached hydrogens (tertiary/aromatic N) is 3. The normalized spacial score (nSPS) is 21.9. The summed E-state index contributed by atoms with van der Waals surface area (Å²) in [5, 5.41) is 16.0. The Kier molecular flexibility index (Phi) is 6.77. The molecule has 10 nitrogen and oxygen atoms in total. The molecule has 0 saturated carbocycles. The Morgan fingerprint density at radius 3 is 2.81 bits per heavy atom. The van der Waals surface area contributed by atoms with Gasteiger partial charge >= 0.3 is 0 Å². The quantitative estimate of drug-likeness (QED) is 0.454. The number of methoxy groups -OCH3 is 1. The van der Waals surface area contributed by atoms with Gasteiger partial charge < -0.3 is 25.3 Å².